The highest BCUT2D eigenvalue weighted by Gasteiger charge is 2.00. The highest BCUT2D eigenvalue weighted by atomic mass is 15.1. The van der Waals surface area contributed by atoms with E-state index in [0.29, 0.717) is 0 Å². The summed E-state index contributed by atoms with van der Waals surface area (Å²) in [5.74, 6) is 0. The third-order valence-corrected chi connectivity index (χ3v) is 2.67. The molecule has 0 aliphatic rings. The molecule has 0 heterocycles. The molecule has 0 unspecified atom stereocenters. The summed E-state index contributed by atoms with van der Waals surface area (Å²) in [7, 11) is 2.11. The highest BCUT2D eigenvalue weighted by molar-refractivity contribution is 5.47. The van der Waals surface area contributed by atoms with Gasteiger partial charge in [-0.05, 0) is 36.8 Å². The minimum Gasteiger partial charge on any atom is -0.370 e. The van der Waals surface area contributed by atoms with E-state index in [0.717, 1.165) is 6.54 Å². The van der Waals surface area contributed by atoms with E-state index in [2.05, 4.69) is 55.3 Å². The number of aryl methyl sites for hydroxylation is 1. The third-order valence-electron chi connectivity index (χ3n) is 2.67. The fourth-order valence-electron chi connectivity index (χ4n) is 1.69. The molecule has 81 valence electrons. The monoisotopic (exact) mass is 210 g/mol. The van der Waals surface area contributed by atoms with Crippen molar-refractivity contribution in [3.8, 4) is 0 Å². The standard InChI is InChI=1S/C15H16N/c1-13-8-10-15(11-9-13)16(2)12-14-6-4-3-5-7-14/h3-4,6-11H,12H2,1-2H3. The van der Waals surface area contributed by atoms with Gasteiger partial charge in [0.25, 0.3) is 0 Å². The van der Waals surface area contributed by atoms with E-state index in [9.17, 15) is 0 Å². The molecule has 0 N–H and O–H groups in total. The molecule has 0 aliphatic heterocycles. The zero-order valence-corrected chi connectivity index (χ0v) is 9.77. The van der Waals surface area contributed by atoms with Crippen LogP contribution in [0.15, 0.2) is 48.5 Å². The van der Waals surface area contributed by atoms with Crippen LogP contribution in [-0.2, 0) is 6.54 Å². The first kappa shape index (κ1) is 10.7. The van der Waals surface area contributed by atoms with Gasteiger partial charge in [0.2, 0.25) is 0 Å². The molecular formula is C15H16N. The van der Waals surface area contributed by atoms with E-state index in [4.69, 9.17) is 0 Å². The molecule has 1 nitrogen and oxygen atoms in total. The molecule has 1 heteroatoms. The van der Waals surface area contributed by atoms with Crippen molar-refractivity contribution in [2.45, 2.75) is 13.5 Å². The maximum Gasteiger partial charge on any atom is 0.0426 e. The summed E-state index contributed by atoms with van der Waals surface area (Å²) in [6.45, 7) is 3.02. The van der Waals surface area contributed by atoms with E-state index < -0.39 is 0 Å². The fourth-order valence-corrected chi connectivity index (χ4v) is 1.69. The minimum absolute atomic E-state index is 0.917. The first-order chi connectivity index (χ1) is 7.75. The first-order valence-electron chi connectivity index (χ1n) is 5.48. The molecule has 2 aromatic carbocycles. The van der Waals surface area contributed by atoms with Crippen LogP contribution in [0.2, 0.25) is 0 Å². The Morgan fingerprint density at radius 1 is 1.12 bits per heavy atom. The van der Waals surface area contributed by atoms with Crippen LogP contribution in [0, 0.1) is 13.0 Å². The summed E-state index contributed by atoms with van der Waals surface area (Å²) in [6, 6.07) is 19.8. The summed E-state index contributed by atoms with van der Waals surface area (Å²) < 4.78 is 0. The third kappa shape index (κ3) is 2.63. The Morgan fingerprint density at radius 3 is 2.50 bits per heavy atom. The number of benzene rings is 2. The number of hydrogen-bond donors (Lipinski definition) is 0. The van der Waals surface area contributed by atoms with Crippen molar-refractivity contribution in [3.63, 3.8) is 0 Å². The molecular weight excluding hydrogens is 194 g/mol. The van der Waals surface area contributed by atoms with E-state index >= 15 is 0 Å². The average Bonchev–Trinajstić information content (AvgIpc) is 2.31. The van der Waals surface area contributed by atoms with Gasteiger partial charge in [-0.25, -0.2) is 0 Å². The Kier molecular flexibility index (Phi) is 3.25. The van der Waals surface area contributed by atoms with Gasteiger partial charge in [0.1, 0.15) is 0 Å². The molecule has 0 spiro atoms. The Bertz CT molecular complexity index is 431. The Labute approximate surface area is 97.3 Å². The van der Waals surface area contributed by atoms with Crippen molar-refractivity contribution in [3.05, 3.63) is 65.7 Å². The highest BCUT2D eigenvalue weighted by Crippen LogP contribution is 2.15. The molecule has 1 radical (unpaired) electrons. The summed E-state index contributed by atoms with van der Waals surface area (Å²) in [5, 5.41) is 0. The smallest absolute Gasteiger partial charge is 0.0426 e. The molecule has 0 bridgehead atoms. The molecule has 0 aliphatic carbocycles. The fraction of sp³-hybridized carbons (Fsp3) is 0.200. The van der Waals surface area contributed by atoms with Crippen molar-refractivity contribution in [2.75, 3.05) is 11.9 Å². The predicted octanol–water partition coefficient (Wildman–Crippen LogP) is 3.43. The number of rotatable bonds is 3. The lowest BCUT2D eigenvalue weighted by Crippen LogP contribution is -2.16. The lowest BCUT2D eigenvalue weighted by molar-refractivity contribution is 0.922. The van der Waals surface area contributed by atoms with Crippen molar-refractivity contribution in [1.82, 2.24) is 0 Å². The van der Waals surface area contributed by atoms with Crippen molar-refractivity contribution in [1.29, 1.82) is 0 Å². The van der Waals surface area contributed by atoms with Crippen LogP contribution in [0.4, 0.5) is 5.69 Å². The summed E-state index contributed by atoms with van der Waals surface area (Å²) in [5.41, 5.74) is 3.82. The van der Waals surface area contributed by atoms with Crippen LogP contribution in [0.1, 0.15) is 11.1 Å². The second kappa shape index (κ2) is 4.84. The Balaban J connectivity index is 2.09. The normalized spacial score (nSPS) is 10.1. The molecule has 0 amide bonds. The summed E-state index contributed by atoms with van der Waals surface area (Å²) in [4.78, 5) is 2.24. The van der Waals surface area contributed by atoms with Gasteiger partial charge < -0.3 is 4.90 Å². The van der Waals surface area contributed by atoms with Gasteiger partial charge in [0.05, 0.1) is 0 Å². The SMILES string of the molecule is Cc1ccc(N(C)Cc2c[c]ccc2)cc1. The van der Waals surface area contributed by atoms with Gasteiger partial charge in [0, 0.05) is 19.3 Å². The number of nitrogens with zero attached hydrogens (tertiary/aromatic N) is 1. The van der Waals surface area contributed by atoms with Gasteiger partial charge in [-0.3, -0.25) is 0 Å². The summed E-state index contributed by atoms with van der Waals surface area (Å²) in [6.07, 6.45) is 0. The predicted molar refractivity (Wildman–Crippen MR) is 68.6 cm³/mol. The van der Waals surface area contributed by atoms with Crippen molar-refractivity contribution >= 4 is 5.69 Å². The Morgan fingerprint density at radius 2 is 1.88 bits per heavy atom. The van der Waals surface area contributed by atoms with Crippen LogP contribution in [0.3, 0.4) is 0 Å². The van der Waals surface area contributed by atoms with Gasteiger partial charge in [-0.1, -0.05) is 35.9 Å². The second-order valence-corrected chi connectivity index (χ2v) is 4.10. The van der Waals surface area contributed by atoms with Gasteiger partial charge in [0.15, 0.2) is 0 Å². The molecule has 0 fully saturated rings. The molecule has 2 aromatic rings. The lowest BCUT2D eigenvalue weighted by atomic mass is 10.2. The average molecular weight is 210 g/mol. The maximum atomic E-state index is 3.10. The van der Waals surface area contributed by atoms with Crippen LogP contribution >= 0.6 is 0 Å². The van der Waals surface area contributed by atoms with Crippen LogP contribution in [0.5, 0.6) is 0 Å². The molecule has 2 rings (SSSR count). The van der Waals surface area contributed by atoms with Crippen molar-refractivity contribution < 1.29 is 0 Å². The topological polar surface area (TPSA) is 3.24 Å². The van der Waals surface area contributed by atoms with Gasteiger partial charge in [-0.2, -0.15) is 0 Å². The molecule has 16 heavy (non-hydrogen) atoms. The van der Waals surface area contributed by atoms with Gasteiger partial charge >= 0.3 is 0 Å². The van der Waals surface area contributed by atoms with Gasteiger partial charge in [-0.15, -0.1) is 0 Å². The summed E-state index contributed by atoms with van der Waals surface area (Å²) >= 11 is 0. The second-order valence-electron chi connectivity index (χ2n) is 4.10. The molecule has 0 saturated carbocycles. The minimum atomic E-state index is 0.917. The largest absolute Gasteiger partial charge is 0.370 e. The maximum absolute atomic E-state index is 3.10. The van der Waals surface area contributed by atoms with Crippen LogP contribution in [-0.4, -0.2) is 7.05 Å². The van der Waals surface area contributed by atoms with E-state index in [1.807, 2.05) is 18.2 Å². The van der Waals surface area contributed by atoms with Crippen molar-refractivity contribution in [2.24, 2.45) is 0 Å². The number of hydrogen-bond acceptors (Lipinski definition) is 1. The van der Waals surface area contributed by atoms with E-state index in [-0.39, 0.29) is 0 Å². The molecule has 0 aromatic heterocycles. The first-order valence-corrected chi connectivity index (χ1v) is 5.48. The van der Waals surface area contributed by atoms with Crippen LogP contribution in [0.25, 0.3) is 0 Å². The molecule has 0 saturated heterocycles. The van der Waals surface area contributed by atoms with E-state index in [1.54, 1.807) is 0 Å². The Hall–Kier alpha value is -1.76. The zero-order chi connectivity index (χ0) is 11.4. The lowest BCUT2D eigenvalue weighted by Gasteiger charge is -2.19. The molecule has 0 atom stereocenters. The quantitative estimate of drug-likeness (QED) is 0.750. The number of anilines is 1. The zero-order valence-electron chi connectivity index (χ0n) is 9.77. The van der Waals surface area contributed by atoms with E-state index in [1.165, 1.54) is 16.8 Å². The van der Waals surface area contributed by atoms with Crippen LogP contribution < -0.4 is 4.90 Å².